The van der Waals surface area contributed by atoms with Crippen LogP contribution in [0.15, 0.2) is 84.9 Å². The number of rotatable bonds is 2. The fourth-order valence-electron chi connectivity index (χ4n) is 5.26. The number of fused-ring (bicyclic) bond motifs is 2. The molecule has 0 spiro atoms. The summed E-state index contributed by atoms with van der Waals surface area (Å²) in [6.45, 7) is 0. The minimum atomic E-state index is 0.464. The third kappa shape index (κ3) is 2.78. The Balaban J connectivity index is 1.42. The highest BCUT2D eigenvalue weighted by Gasteiger charge is 2.23. The van der Waals surface area contributed by atoms with E-state index in [-0.39, 0.29) is 0 Å². The minimum Gasteiger partial charge on any atom is -0.315 e. The second kappa shape index (κ2) is 7.10. The van der Waals surface area contributed by atoms with Gasteiger partial charge in [-0.05, 0) is 75.2 Å². The fourth-order valence-corrected chi connectivity index (χ4v) is 5.26. The molecule has 0 saturated carbocycles. The number of nitrogens with zero attached hydrogens (tertiary/aromatic N) is 2. The SMILES string of the molecule is CN(C(=N)N(C)c1cccc2cc3ccccc3cc12)c1ccc2cccc3c2c1CC3. The van der Waals surface area contributed by atoms with Gasteiger partial charge in [0.1, 0.15) is 0 Å². The van der Waals surface area contributed by atoms with E-state index in [9.17, 15) is 0 Å². The molecule has 0 bridgehead atoms. The van der Waals surface area contributed by atoms with Crippen LogP contribution in [-0.2, 0) is 12.8 Å². The van der Waals surface area contributed by atoms with Crippen LogP contribution in [0.25, 0.3) is 32.3 Å². The van der Waals surface area contributed by atoms with Gasteiger partial charge in [0.25, 0.3) is 0 Å². The van der Waals surface area contributed by atoms with Crippen LogP contribution in [0.1, 0.15) is 11.1 Å². The minimum absolute atomic E-state index is 0.464. The molecule has 32 heavy (non-hydrogen) atoms. The number of guanidine groups is 1. The van der Waals surface area contributed by atoms with E-state index in [4.69, 9.17) is 5.41 Å². The largest absolute Gasteiger partial charge is 0.315 e. The number of hydrogen-bond acceptors (Lipinski definition) is 1. The van der Waals surface area contributed by atoms with Gasteiger partial charge in [0.05, 0.1) is 5.69 Å². The lowest BCUT2D eigenvalue weighted by Gasteiger charge is -2.30. The summed E-state index contributed by atoms with van der Waals surface area (Å²) in [6.07, 6.45) is 2.12. The van der Waals surface area contributed by atoms with Crippen LogP contribution in [-0.4, -0.2) is 20.1 Å². The Kier molecular flexibility index (Phi) is 4.19. The van der Waals surface area contributed by atoms with Gasteiger partial charge in [-0.1, -0.05) is 60.7 Å². The highest BCUT2D eigenvalue weighted by molar-refractivity contribution is 6.12. The summed E-state index contributed by atoms with van der Waals surface area (Å²) >= 11 is 0. The molecule has 6 rings (SSSR count). The van der Waals surface area contributed by atoms with E-state index in [2.05, 4.69) is 84.9 Å². The fraction of sp³-hybridized carbons (Fsp3) is 0.138. The van der Waals surface area contributed by atoms with Crippen molar-refractivity contribution in [3.05, 3.63) is 96.1 Å². The predicted molar refractivity (Wildman–Crippen MR) is 137 cm³/mol. The van der Waals surface area contributed by atoms with Crippen LogP contribution in [0.3, 0.4) is 0 Å². The van der Waals surface area contributed by atoms with Crippen molar-refractivity contribution in [2.75, 3.05) is 23.9 Å². The van der Waals surface area contributed by atoms with E-state index in [0.717, 1.165) is 29.6 Å². The van der Waals surface area contributed by atoms with Gasteiger partial charge >= 0.3 is 0 Å². The van der Waals surface area contributed by atoms with Gasteiger partial charge in [-0.25, -0.2) is 0 Å². The van der Waals surface area contributed by atoms with Crippen molar-refractivity contribution in [1.82, 2.24) is 0 Å². The molecular formula is C29H25N3. The van der Waals surface area contributed by atoms with Gasteiger partial charge < -0.3 is 9.80 Å². The summed E-state index contributed by atoms with van der Waals surface area (Å²) in [5.74, 6) is 0.464. The average molecular weight is 416 g/mol. The molecular weight excluding hydrogens is 390 g/mol. The van der Waals surface area contributed by atoms with Crippen LogP contribution < -0.4 is 9.80 Å². The van der Waals surface area contributed by atoms with Gasteiger partial charge in [0.2, 0.25) is 5.96 Å². The molecule has 5 aromatic rings. The van der Waals surface area contributed by atoms with E-state index in [1.54, 1.807) is 0 Å². The average Bonchev–Trinajstić information content (AvgIpc) is 3.27. The van der Waals surface area contributed by atoms with Crippen molar-refractivity contribution in [1.29, 1.82) is 5.41 Å². The first-order chi connectivity index (χ1) is 15.6. The normalized spacial score (nSPS) is 12.6. The maximum absolute atomic E-state index is 9.06. The molecule has 0 radical (unpaired) electrons. The summed E-state index contributed by atoms with van der Waals surface area (Å²) in [5.41, 5.74) is 4.96. The topological polar surface area (TPSA) is 30.3 Å². The zero-order valence-electron chi connectivity index (χ0n) is 18.4. The van der Waals surface area contributed by atoms with E-state index in [1.165, 1.54) is 38.1 Å². The number of aryl methyl sites for hydroxylation is 2. The van der Waals surface area contributed by atoms with E-state index < -0.39 is 0 Å². The van der Waals surface area contributed by atoms with Gasteiger partial charge in [-0.15, -0.1) is 0 Å². The maximum atomic E-state index is 9.06. The zero-order chi connectivity index (χ0) is 21.8. The first-order valence-corrected chi connectivity index (χ1v) is 11.1. The van der Waals surface area contributed by atoms with Crippen molar-refractivity contribution in [3.8, 4) is 0 Å². The van der Waals surface area contributed by atoms with Crippen molar-refractivity contribution in [2.45, 2.75) is 12.8 Å². The highest BCUT2D eigenvalue weighted by Crippen LogP contribution is 2.38. The molecule has 156 valence electrons. The molecule has 0 aromatic heterocycles. The number of anilines is 2. The molecule has 0 heterocycles. The van der Waals surface area contributed by atoms with Gasteiger partial charge in [0.15, 0.2) is 0 Å². The van der Waals surface area contributed by atoms with Crippen molar-refractivity contribution < 1.29 is 0 Å². The Labute approximate surface area is 188 Å². The molecule has 0 saturated heterocycles. The van der Waals surface area contributed by atoms with Gasteiger partial charge in [0, 0.05) is 25.2 Å². The zero-order valence-corrected chi connectivity index (χ0v) is 18.4. The Bertz CT molecular complexity index is 1530. The summed E-state index contributed by atoms with van der Waals surface area (Å²) in [6, 6.07) is 30.2. The maximum Gasteiger partial charge on any atom is 0.202 e. The molecule has 1 N–H and O–H groups in total. The van der Waals surface area contributed by atoms with Gasteiger partial charge in [-0.3, -0.25) is 5.41 Å². The molecule has 5 aromatic carbocycles. The third-order valence-corrected chi connectivity index (χ3v) is 6.94. The molecule has 0 unspecified atom stereocenters. The summed E-state index contributed by atoms with van der Waals surface area (Å²) in [7, 11) is 4.01. The Hall–Kier alpha value is -3.85. The molecule has 0 aliphatic heterocycles. The molecule has 3 heteroatoms. The number of nitrogens with one attached hydrogen (secondary N) is 1. The first-order valence-electron chi connectivity index (χ1n) is 11.1. The van der Waals surface area contributed by atoms with E-state index >= 15 is 0 Å². The monoisotopic (exact) mass is 415 g/mol. The number of hydrogen-bond donors (Lipinski definition) is 1. The molecule has 0 fully saturated rings. The lowest BCUT2D eigenvalue weighted by Crippen LogP contribution is -2.40. The lowest BCUT2D eigenvalue weighted by atomic mass is 10.0. The summed E-state index contributed by atoms with van der Waals surface area (Å²) in [5, 5.41) is 16.6. The van der Waals surface area contributed by atoms with E-state index in [0.29, 0.717) is 5.96 Å². The van der Waals surface area contributed by atoms with E-state index in [1.807, 2.05) is 23.9 Å². The third-order valence-electron chi connectivity index (χ3n) is 6.94. The van der Waals surface area contributed by atoms with Crippen LogP contribution in [0.5, 0.6) is 0 Å². The molecule has 3 nitrogen and oxygen atoms in total. The molecule has 1 aliphatic carbocycles. The summed E-state index contributed by atoms with van der Waals surface area (Å²) in [4.78, 5) is 4.02. The quantitative estimate of drug-likeness (QED) is 0.196. The highest BCUT2D eigenvalue weighted by atomic mass is 15.3. The van der Waals surface area contributed by atoms with Crippen LogP contribution >= 0.6 is 0 Å². The molecule has 0 atom stereocenters. The standard InChI is InChI=1S/C29H25N3/c1-31(26-12-6-11-23-17-21-7-3-4-8-22(21)18-25(23)26)29(30)32(2)27-16-14-20-10-5-9-19-13-15-24(27)28(19)20/h3-12,14,16-18,30H,13,15H2,1-2H3. The van der Waals surface area contributed by atoms with Crippen LogP contribution in [0.2, 0.25) is 0 Å². The van der Waals surface area contributed by atoms with Crippen molar-refractivity contribution in [2.24, 2.45) is 0 Å². The second-order valence-electron chi connectivity index (χ2n) is 8.72. The second-order valence-corrected chi connectivity index (χ2v) is 8.72. The Morgan fingerprint density at radius 2 is 1.34 bits per heavy atom. The Morgan fingerprint density at radius 3 is 2.19 bits per heavy atom. The summed E-state index contributed by atoms with van der Waals surface area (Å²) < 4.78 is 0. The first kappa shape index (κ1) is 18.9. The lowest BCUT2D eigenvalue weighted by molar-refractivity contribution is 1.01. The molecule has 0 amide bonds. The van der Waals surface area contributed by atoms with Crippen molar-refractivity contribution >= 4 is 49.7 Å². The Morgan fingerprint density at radius 1 is 0.656 bits per heavy atom. The molecule has 1 aliphatic rings. The van der Waals surface area contributed by atoms with Gasteiger partial charge in [-0.2, -0.15) is 0 Å². The van der Waals surface area contributed by atoms with Crippen LogP contribution in [0.4, 0.5) is 11.4 Å². The number of benzene rings is 5. The smallest absolute Gasteiger partial charge is 0.202 e. The van der Waals surface area contributed by atoms with Crippen molar-refractivity contribution in [3.63, 3.8) is 0 Å². The van der Waals surface area contributed by atoms with Crippen LogP contribution in [0, 0.1) is 5.41 Å². The predicted octanol–water partition coefficient (Wildman–Crippen LogP) is 6.75.